The number of hydrogen-bond acceptors (Lipinski definition) is 2. The third kappa shape index (κ3) is 3.91. The second-order valence-corrected chi connectivity index (χ2v) is 6.49. The van der Waals surface area contributed by atoms with E-state index in [0.717, 1.165) is 16.6 Å². The lowest BCUT2D eigenvalue weighted by atomic mass is 10.1. The molecule has 140 valence electrons. The van der Waals surface area contributed by atoms with Crippen molar-refractivity contribution >= 4 is 22.9 Å². The summed E-state index contributed by atoms with van der Waals surface area (Å²) in [4.78, 5) is 17.0. The average molecular weight is 377 g/mol. The van der Waals surface area contributed by atoms with Crippen LogP contribution in [0, 0.1) is 11.6 Å². The normalized spacial score (nSPS) is 10.9. The number of rotatable bonds is 5. The summed E-state index contributed by atoms with van der Waals surface area (Å²) in [5.74, 6) is -0.475. The minimum Gasteiger partial charge on any atom is -0.305 e. The molecule has 1 aromatic heterocycles. The first-order chi connectivity index (χ1) is 13.6. The standard InChI is InChI=1S/C22H17F2N3O/c23-17-9-5-15(6-10-17)13-21(28)26-22-25-19-3-1-2-4-20(19)27(22)14-16-7-11-18(24)12-8-16/h1-12H,13-14H2,(H,25,26,28). The molecule has 0 unspecified atom stereocenters. The molecular formula is C22H17F2N3O. The van der Waals surface area contributed by atoms with Crippen LogP contribution in [0.3, 0.4) is 0 Å². The van der Waals surface area contributed by atoms with E-state index in [-0.39, 0.29) is 24.0 Å². The van der Waals surface area contributed by atoms with Gasteiger partial charge in [-0.25, -0.2) is 13.8 Å². The minimum atomic E-state index is -0.342. The predicted octanol–water partition coefficient (Wildman–Crippen LogP) is 4.54. The number of anilines is 1. The lowest BCUT2D eigenvalue weighted by molar-refractivity contribution is -0.115. The van der Waals surface area contributed by atoms with Crippen molar-refractivity contribution < 1.29 is 13.6 Å². The van der Waals surface area contributed by atoms with Gasteiger partial charge in [0.05, 0.1) is 24.0 Å². The minimum absolute atomic E-state index is 0.111. The predicted molar refractivity (Wildman–Crippen MR) is 104 cm³/mol. The van der Waals surface area contributed by atoms with Gasteiger partial charge in [0.15, 0.2) is 0 Å². The van der Waals surface area contributed by atoms with Gasteiger partial charge >= 0.3 is 0 Å². The number of hydrogen-bond donors (Lipinski definition) is 1. The maximum Gasteiger partial charge on any atom is 0.231 e. The Morgan fingerprint density at radius 2 is 1.46 bits per heavy atom. The molecule has 4 nitrogen and oxygen atoms in total. The molecule has 1 N–H and O–H groups in total. The van der Waals surface area contributed by atoms with Gasteiger partial charge in [0.1, 0.15) is 11.6 Å². The molecule has 0 fully saturated rings. The quantitative estimate of drug-likeness (QED) is 0.555. The summed E-state index contributed by atoms with van der Waals surface area (Å²) in [5.41, 5.74) is 3.21. The molecule has 3 aromatic carbocycles. The van der Waals surface area contributed by atoms with E-state index in [1.54, 1.807) is 24.3 Å². The molecule has 0 saturated carbocycles. The Morgan fingerprint density at radius 3 is 2.14 bits per heavy atom. The average Bonchev–Trinajstić information content (AvgIpc) is 3.02. The smallest absolute Gasteiger partial charge is 0.231 e. The van der Waals surface area contributed by atoms with Crippen molar-refractivity contribution in [3.63, 3.8) is 0 Å². The maximum atomic E-state index is 13.2. The number of amides is 1. The van der Waals surface area contributed by atoms with E-state index in [9.17, 15) is 13.6 Å². The van der Waals surface area contributed by atoms with Gasteiger partial charge in [-0.15, -0.1) is 0 Å². The van der Waals surface area contributed by atoms with Crippen molar-refractivity contribution in [1.82, 2.24) is 9.55 Å². The van der Waals surface area contributed by atoms with Gasteiger partial charge in [0.2, 0.25) is 11.9 Å². The molecule has 0 bridgehead atoms. The number of benzene rings is 3. The fourth-order valence-corrected chi connectivity index (χ4v) is 3.06. The number of para-hydroxylation sites is 2. The van der Waals surface area contributed by atoms with E-state index in [2.05, 4.69) is 10.3 Å². The van der Waals surface area contributed by atoms with Crippen LogP contribution in [0.5, 0.6) is 0 Å². The summed E-state index contributed by atoms with van der Waals surface area (Å²) >= 11 is 0. The van der Waals surface area contributed by atoms with Crippen molar-refractivity contribution in [1.29, 1.82) is 0 Å². The molecular weight excluding hydrogens is 360 g/mol. The third-order valence-corrected chi connectivity index (χ3v) is 4.44. The molecule has 4 aromatic rings. The second kappa shape index (κ2) is 7.60. The topological polar surface area (TPSA) is 46.9 Å². The second-order valence-electron chi connectivity index (χ2n) is 6.49. The molecule has 6 heteroatoms. The van der Waals surface area contributed by atoms with Crippen molar-refractivity contribution in [2.24, 2.45) is 0 Å². The summed E-state index contributed by atoms with van der Waals surface area (Å²) in [6, 6.07) is 19.6. The number of imidazole rings is 1. The van der Waals surface area contributed by atoms with Gasteiger partial charge in [0, 0.05) is 0 Å². The number of fused-ring (bicyclic) bond motifs is 1. The molecule has 0 aliphatic rings. The number of carbonyl (C=O) groups is 1. The van der Waals surface area contributed by atoms with E-state index in [1.807, 2.05) is 28.8 Å². The molecule has 28 heavy (non-hydrogen) atoms. The van der Waals surface area contributed by atoms with Crippen LogP contribution in [0.25, 0.3) is 11.0 Å². The van der Waals surface area contributed by atoms with Crippen LogP contribution in [0.4, 0.5) is 14.7 Å². The number of aromatic nitrogens is 2. The van der Waals surface area contributed by atoms with Gasteiger partial charge in [0.25, 0.3) is 0 Å². The first kappa shape index (κ1) is 17.9. The van der Waals surface area contributed by atoms with E-state index < -0.39 is 0 Å². The van der Waals surface area contributed by atoms with E-state index in [1.165, 1.54) is 24.3 Å². The number of nitrogens with zero attached hydrogens (tertiary/aromatic N) is 2. The van der Waals surface area contributed by atoms with Gasteiger partial charge in [-0.2, -0.15) is 0 Å². The van der Waals surface area contributed by atoms with E-state index in [0.29, 0.717) is 18.1 Å². The monoisotopic (exact) mass is 377 g/mol. The zero-order valence-electron chi connectivity index (χ0n) is 14.9. The molecule has 0 spiro atoms. The lowest BCUT2D eigenvalue weighted by Crippen LogP contribution is -2.18. The molecule has 0 atom stereocenters. The SMILES string of the molecule is O=C(Cc1ccc(F)cc1)Nc1nc2ccccc2n1Cc1ccc(F)cc1. The van der Waals surface area contributed by atoms with Crippen LogP contribution >= 0.6 is 0 Å². The summed E-state index contributed by atoms with van der Waals surface area (Å²) in [6.07, 6.45) is 0.111. The Morgan fingerprint density at radius 1 is 0.857 bits per heavy atom. The molecule has 1 heterocycles. The van der Waals surface area contributed by atoms with Crippen LogP contribution in [-0.4, -0.2) is 15.5 Å². The first-order valence-electron chi connectivity index (χ1n) is 8.82. The third-order valence-electron chi connectivity index (χ3n) is 4.44. The Bertz CT molecular complexity index is 1120. The highest BCUT2D eigenvalue weighted by Crippen LogP contribution is 2.21. The summed E-state index contributed by atoms with van der Waals surface area (Å²) < 4.78 is 28.1. The summed E-state index contributed by atoms with van der Waals surface area (Å²) in [7, 11) is 0. The maximum absolute atomic E-state index is 13.2. The fourth-order valence-electron chi connectivity index (χ4n) is 3.06. The highest BCUT2D eigenvalue weighted by molar-refractivity contribution is 5.92. The number of nitrogens with one attached hydrogen (secondary N) is 1. The Labute approximate surface area is 160 Å². The zero-order valence-corrected chi connectivity index (χ0v) is 14.9. The van der Waals surface area contributed by atoms with Gasteiger partial charge < -0.3 is 4.57 Å². The van der Waals surface area contributed by atoms with Crippen LogP contribution in [-0.2, 0) is 17.8 Å². The van der Waals surface area contributed by atoms with Crippen LogP contribution in [0.15, 0.2) is 72.8 Å². The van der Waals surface area contributed by atoms with Crippen molar-refractivity contribution in [2.75, 3.05) is 5.32 Å². The molecule has 4 rings (SSSR count). The van der Waals surface area contributed by atoms with Crippen molar-refractivity contribution in [2.45, 2.75) is 13.0 Å². The molecule has 0 saturated heterocycles. The fraction of sp³-hybridized carbons (Fsp3) is 0.0909. The largest absolute Gasteiger partial charge is 0.305 e. The van der Waals surface area contributed by atoms with Crippen LogP contribution < -0.4 is 5.32 Å². The molecule has 1 amide bonds. The zero-order chi connectivity index (χ0) is 19.5. The molecule has 0 aliphatic heterocycles. The van der Waals surface area contributed by atoms with E-state index in [4.69, 9.17) is 0 Å². The first-order valence-corrected chi connectivity index (χ1v) is 8.82. The number of halogens is 2. The summed E-state index contributed by atoms with van der Waals surface area (Å²) in [5, 5.41) is 2.84. The highest BCUT2D eigenvalue weighted by Gasteiger charge is 2.14. The van der Waals surface area contributed by atoms with Crippen LogP contribution in [0.2, 0.25) is 0 Å². The molecule has 0 radical (unpaired) electrons. The Hall–Kier alpha value is -3.54. The Balaban J connectivity index is 1.61. The van der Waals surface area contributed by atoms with Gasteiger partial charge in [-0.1, -0.05) is 36.4 Å². The summed E-state index contributed by atoms with van der Waals surface area (Å²) in [6.45, 7) is 0.437. The van der Waals surface area contributed by atoms with Crippen LogP contribution in [0.1, 0.15) is 11.1 Å². The lowest BCUT2D eigenvalue weighted by Gasteiger charge is -2.10. The van der Waals surface area contributed by atoms with Gasteiger partial charge in [-0.3, -0.25) is 10.1 Å². The highest BCUT2D eigenvalue weighted by atomic mass is 19.1. The molecule has 0 aliphatic carbocycles. The Kier molecular flexibility index (Phi) is 4.85. The van der Waals surface area contributed by atoms with Crippen molar-refractivity contribution in [3.8, 4) is 0 Å². The van der Waals surface area contributed by atoms with Gasteiger partial charge in [-0.05, 0) is 47.5 Å². The van der Waals surface area contributed by atoms with Crippen molar-refractivity contribution in [3.05, 3.63) is 95.6 Å². The van der Waals surface area contributed by atoms with E-state index >= 15 is 0 Å². The number of carbonyl (C=O) groups excluding carboxylic acids is 1.